The molecular weight excluding hydrogens is 186 g/mol. The SMILES string of the molecule is CC(C)C1CS(=O)(=O)CN1C(C)C. The van der Waals surface area contributed by atoms with Gasteiger partial charge in [-0.15, -0.1) is 0 Å². The van der Waals surface area contributed by atoms with Crippen molar-refractivity contribution < 1.29 is 8.42 Å². The van der Waals surface area contributed by atoms with Gasteiger partial charge < -0.3 is 0 Å². The van der Waals surface area contributed by atoms with Crippen LogP contribution in [0.15, 0.2) is 0 Å². The molecule has 0 N–H and O–H groups in total. The van der Waals surface area contributed by atoms with Crippen LogP contribution in [0.25, 0.3) is 0 Å². The molecule has 0 aliphatic carbocycles. The van der Waals surface area contributed by atoms with Gasteiger partial charge in [-0.25, -0.2) is 8.42 Å². The Labute approximate surface area is 81.0 Å². The number of nitrogens with zero attached hydrogens (tertiary/aromatic N) is 1. The third kappa shape index (κ3) is 2.44. The van der Waals surface area contributed by atoms with E-state index in [1.165, 1.54) is 0 Å². The first kappa shape index (κ1) is 11.0. The molecule has 1 aliphatic heterocycles. The third-order valence-corrected chi connectivity index (χ3v) is 4.17. The third-order valence-electron chi connectivity index (χ3n) is 2.63. The molecule has 0 radical (unpaired) electrons. The Morgan fingerprint density at radius 3 is 2.08 bits per heavy atom. The molecule has 3 nitrogen and oxygen atoms in total. The number of rotatable bonds is 2. The highest BCUT2D eigenvalue weighted by atomic mass is 32.2. The molecule has 1 heterocycles. The van der Waals surface area contributed by atoms with Crippen LogP contribution in [0.4, 0.5) is 0 Å². The summed E-state index contributed by atoms with van der Waals surface area (Å²) in [6.07, 6.45) is 0. The average molecular weight is 205 g/mol. The van der Waals surface area contributed by atoms with Gasteiger partial charge in [0.15, 0.2) is 9.84 Å². The van der Waals surface area contributed by atoms with Gasteiger partial charge in [0.1, 0.15) is 5.88 Å². The van der Waals surface area contributed by atoms with Crippen molar-refractivity contribution in [3.63, 3.8) is 0 Å². The zero-order chi connectivity index (χ0) is 10.2. The zero-order valence-electron chi connectivity index (χ0n) is 8.82. The minimum absolute atomic E-state index is 0.213. The van der Waals surface area contributed by atoms with Gasteiger partial charge in [0.25, 0.3) is 0 Å². The van der Waals surface area contributed by atoms with E-state index in [2.05, 4.69) is 32.6 Å². The lowest BCUT2D eigenvalue weighted by molar-refractivity contribution is 0.174. The van der Waals surface area contributed by atoms with Gasteiger partial charge in [0, 0.05) is 12.1 Å². The van der Waals surface area contributed by atoms with Crippen LogP contribution >= 0.6 is 0 Å². The first-order valence-corrected chi connectivity index (χ1v) is 6.62. The van der Waals surface area contributed by atoms with E-state index in [-0.39, 0.29) is 11.9 Å². The quantitative estimate of drug-likeness (QED) is 0.677. The summed E-state index contributed by atoms with van der Waals surface area (Å²) in [5.74, 6) is 0.996. The van der Waals surface area contributed by atoms with Crippen LogP contribution < -0.4 is 0 Å². The van der Waals surface area contributed by atoms with Gasteiger partial charge in [-0.05, 0) is 19.8 Å². The summed E-state index contributed by atoms with van der Waals surface area (Å²) in [6, 6.07) is 0.537. The Bertz CT molecular complexity index is 247. The van der Waals surface area contributed by atoms with Crippen LogP contribution in [-0.4, -0.2) is 37.0 Å². The summed E-state index contributed by atoms with van der Waals surface area (Å²) in [4.78, 5) is 2.08. The van der Waals surface area contributed by atoms with Crippen LogP contribution in [-0.2, 0) is 9.84 Å². The summed E-state index contributed by atoms with van der Waals surface area (Å²) in [6.45, 7) is 8.27. The standard InChI is InChI=1S/C9H19NO2S/c1-7(2)9-5-13(11,12)6-10(9)8(3)4/h7-9H,5-6H2,1-4H3. The molecular formula is C9H19NO2S. The number of hydrogen-bond acceptors (Lipinski definition) is 3. The molecule has 1 atom stereocenters. The molecule has 78 valence electrons. The van der Waals surface area contributed by atoms with Crippen LogP contribution in [0.1, 0.15) is 27.7 Å². The second-order valence-corrected chi connectivity index (χ2v) is 6.54. The molecule has 0 bridgehead atoms. The van der Waals surface area contributed by atoms with Gasteiger partial charge in [-0.3, -0.25) is 4.90 Å². The summed E-state index contributed by atoms with van der Waals surface area (Å²) >= 11 is 0. The van der Waals surface area contributed by atoms with Crippen LogP contribution in [0.2, 0.25) is 0 Å². The molecule has 0 spiro atoms. The highest BCUT2D eigenvalue weighted by Gasteiger charge is 2.37. The summed E-state index contributed by atoms with van der Waals surface area (Å²) < 4.78 is 22.8. The fourth-order valence-electron chi connectivity index (χ4n) is 1.84. The van der Waals surface area contributed by atoms with Crippen LogP contribution in [0.5, 0.6) is 0 Å². The smallest absolute Gasteiger partial charge is 0.165 e. The van der Waals surface area contributed by atoms with E-state index in [4.69, 9.17) is 0 Å². The normalized spacial score (nSPS) is 28.9. The van der Waals surface area contributed by atoms with Crippen molar-refractivity contribution in [1.29, 1.82) is 0 Å². The maximum absolute atomic E-state index is 11.4. The molecule has 1 fully saturated rings. The Balaban J connectivity index is 2.84. The lowest BCUT2D eigenvalue weighted by atomic mass is 10.0. The molecule has 1 rings (SSSR count). The molecule has 1 aliphatic rings. The fraction of sp³-hybridized carbons (Fsp3) is 1.00. The molecule has 1 unspecified atom stereocenters. The fourth-order valence-corrected chi connectivity index (χ4v) is 3.98. The van der Waals surface area contributed by atoms with Crippen molar-refractivity contribution in [3.8, 4) is 0 Å². The summed E-state index contributed by atoms with van der Waals surface area (Å²) in [7, 11) is -2.81. The van der Waals surface area contributed by atoms with E-state index < -0.39 is 9.84 Å². The molecule has 1 saturated heterocycles. The average Bonchev–Trinajstić information content (AvgIpc) is 2.26. The van der Waals surface area contributed by atoms with Gasteiger partial charge in [-0.1, -0.05) is 13.8 Å². The molecule has 0 amide bonds. The van der Waals surface area contributed by atoms with E-state index in [0.29, 0.717) is 17.7 Å². The van der Waals surface area contributed by atoms with Gasteiger partial charge in [0.05, 0.1) is 5.75 Å². The Kier molecular flexibility index (Phi) is 3.02. The van der Waals surface area contributed by atoms with Gasteiger partial charge >= 0.3 is 0 Å². The van der Waals surface area contributed by atoms with Crippen molar-refractivity contribution >= 4 is 9.84 Å². The van der Waals surface area contributed by atoms with E-state index in [9.17, 15) is 8.42 Å². The predicted molar refractivity (Wildman–Crippen MR) is 54.3 cm³/mol. The maximum Gasteiger partial charge on any atom is 0.165 e. The van der Waals surface area contributed by atoms with E-state index in [1.807, 2.05) is 0 Å². The van der Waals surface area contributed by atoms with Crippen LogP contribution in [0.3, 0.4) is 0 Å². The first-order chi connectivity index (χ1) is 5.83. The van der Waals surface area contributed by atoms with E-state index in [1.54, 1.807) is 0 Å². The molecule has 0 saturated carbocycles. The minimum atomic E-state index is -2.81. The summed E-state index contributed by atoms with van der Waals surface area (Å²) in [5, 5.41) is 0. The highest BCUT2D eigenvalue weighted by molar-refractivity contribution is 7.91. The van der Waals surface area contributed by atoms with Crippen molar-refractivity contribution in [2.75, 3.05) is 11.6 Å². The molecule has 13 heavy (non-hydrogen) atoms. The second-order valence-electron chi connectivity index (χ2n) is 4.46. The van der Waals surface area contributed by atoms with E-state index >= 15 is 0 Å². The number of sulfone groups is 1. The topological polar surface area (TPSA) is 37.4 Å². The van der Waals surface area contributed by atoms with Crippen LogP contribution in [0, 0.1) is 5.92 Å². The molecule has 0 aromatic rings. The largest absolute Gasteiger partial charge is 0.283 e. The van der Waals surface area contributed by atoms with Crippen molar-refractivity contribution in [2.24, 2.45) is 5.92 Å². The monoisotopic (exact) mass is 205 g/mol. The summed E-state index contributed by atoms with van der Waals surface area (Å²) in [5.41, 5.74) is 0. The Morgan fingerprint density at radius 1 is 1.23 bits per heavy atom. The number of hydrogen-bond donors (Lipinski definition) is 0. The lowest BCUT2D eigenvalue weighted by Gasteiger charge is -2.29. The Hall–Kier alpha value is -0.0900. The molecule has 0 aromatic carbocycles. The van der Waals surface area contributed by atoms with E-state index in [0.717, 1.165) is 0 Å². The van der Waals surface area contributed by atoms with Crippen molar-refractivity contribution in [1.82, 2.24) is 4.90 Å². The Morgan fingerprint density at radius 2 is 1.77 bits per heavy atom. The molecule has 4 heteroatoms. The highest BCUT2D eigenvalue weighted by Crippen LogP contribution is 2.23. The first-order valence-electron chi connectivity index (χ1n) is 4.79. The predicted octanol–water partition coefficient (Wildman–Crippen LogP) is 1.11. The minimum Gasteiger partial charge on any atom is -0.283 e. The van der Waals surface area contributed by atoms with Crippen molar-refractivity contribution in [3.05, 3.63) is 0 Å². The second kappa shape index (κ2) is 3.58. The van der Waals surface area contributed by atoms with Gasteiger partial charge in [0.2, 0.25) is 0 Å². The van der Waals surface area contributed by atoms with Gasteiger partial charge in [-0.2, -0.15) is 0 Å². The molecule has 0 aromatic heterocycles. The zero-order valence-corrected chi connectivity index (χ0v) is 9.63. The lowest BCUT2D eigenvalue weighted by Crippen LogP contribution is -2.39. The maximum atomic E-state index is 11.4. The van der Waals surface area contributed by atoms with Crippen molar-refractivity contribution in [2.45, 2.75) is 39.8 Å².